The molecule has 0 bridgehead atoms. The Morgan fingerprint density at radius 1 is 1.35 bits per heavy atom. The summed E-state index contributed by atoms with van der Waals surface area (Å²) >= 11 is 0. The topological polar surface area (TPSA) is 66.4 Å². The molecule has 0 aliphatic heterocycles. The van der Waals surface area contributed by atoms with Crippen molar-refractivity contribution in [3.63, 3.8) is 0 Å². The summed E-state index contributed by atoms with van der Waals surface area (Å²) in [6.45, 7) is 2.01. The van der Waals surface area contributed by atoms with Crippen molar-refractivity contribution in [2.75, 3.05) is 6.54 Å². The Balaban J connectivity index is 1.89. The Kier molecular flexibility index (Phi) is 4.48. The summed E-state index contributed by atoms with van der Waals surface area (Å²) in [6, 6.07) is 6.85. The molecule has 0 radical (unpaired) electrons. The smallest absolute Gasteiger partial charge is 0.240 e. The summed E-state index contributed by atoms with van der Waals surface area (Å²) in [4.78, 5) is 0.297. The van der Waals surface area contributed by atoms with Gasteiger partial charge >= 0.3 is 0 Å². The van der Waals surface area contributed by atoms with E-state index in [9.17, 15) is 13.5 Å². The SMILES string of the molecule is Cc1ccccc1S(=O)(=O)NCCC#CC1(O)CCC1. The van der Waals surface area contributed by atoms with Crippen LogP contribution in [0.3, 0.4) is 0 Å². The molecule has 0 heterocycles. The van der Waals surface area contributed by atoms with E-state index in [-0.39, 0.29) is 6.54 Å². The molecule has 0 unspecified atom stereocenters. The van der Waals surface area contributed by atoms with E-state index in [1.54, 1.807) is 31.2 Å². The van der Waals surface area contributed by atoms with Gasteiger partial charge in [0.25, 0.3) is 0 Å². The van der Waals surface area contributed by atoms with Crippen molar-refractivity contribution in [2.24, 2.45) is 0 Å². The van der Waals surface area contributed by atoms with Crippen LogP contribution in [0.1, 0.15) is 31.2 Å². The van der Waals surface area contributed by atoms with Crippen LogP contribution < -0.4 is 4.72 Å². The monoisotopic (exact) mass is 293 g/mol. The number of hydrogen-bond acceptors (Lipinski definition) is 3. The first-order chi connectivity index (χ1) is 9.43. The predicted molar refractivity (Wildman–Crippen MR) is 77.6 cm³/mol. The van der Waals surface area contributed by atoms with Gasteiger partial charge in [-0.15, -0.1) is 0 Å². The van der Waals surface area contributed by atoms with Gasteiger partial charge in [0.15, 0.2) is 0 Å². The second kappa shape index (κ2) is 5.96. The van der Waals surface area contributed by atoms with Crippen molar-refractivity contribution >= 4 is 10.0 Å². The molecule has 108 valence electrons. The van der Waals surface area contributed by atoms with E-state index in [1.807, 2.05) is 0 Å². The largest absolute Gasteiger partial charge is 0.378 e. The van der Waals surface area contributed by atoms with E-state index in [2.05, 4.69) is 16.6 Å². The van der Waals surface area contributed by atoms with Crippen LogP contribution in [0.5, 0.6) is 0 Å². The Hall–Kier alpha value is -1.35. The average molecular weight is 293 g/mol. The lowest BCUT2D eigenvalue weighted by Gasteiger charge is -2.30. The van der Waals surface area contributed by atoms with E-state index in [1.165, 1.54) is 0 Å². The van der Waals surface area contributed by atoms with Gasteiger partial charge in [-0.1, -0.05) is 30.0 Å². The molecule has 1 saturated carbocycles. The molecule has 1 aliphatic carbocycles. The zero-order valence-electron chi connectivity index (χ0n) is 11.5. The van der Waals surface area contributed by atoms with Gasteiger partial charge in [0.05, 0.1) is 4.90 Å². The van der Waals surface area contributed by atoms with Gasteiger partial charge in [-0.25, -0.2) is 13.1 Å². The van der Waals surface area contributed by atoms with Crippen LogP contribution in [0.15, 0.2) is 29.2 Å². The van der Waals surface area contributed by atoms with Gasteiger partial charge in [-0.3, -0.25) is 0 Å². The summed E-state index contributed by atoms with van der Waals surface area (Å²) in [5.41, 5.74) is -0.107. The highest BCUT2D eigenvalue weighted by atomic mass is 32.2. The molecule has 0 saturated heterocycles. The van der Waals surface area contributed by atoms with Crippen molar-refractivity contribution in [3.8, 4) is 11.8 Å². The minimum absolute atomic E-state index is 0.250. The number of rotatable bonds is 4. The van der Waals surface area contributed by atoms with Crippen molar-refractivity contribution < 1.29 is 13.5 Å². The third kappa shape index (κ3) is 3.60. The number of aliphatic hydroxyl groups is 1. The predicted octanol–water partition coefficient (Wildman–Crippen LogP) is 1.58. The number of benzene rings is 1. The number of sulfonamides is 1. The van der Waals surface area contributed by atoms with E-state index >= 15 is 0 Å². The first-order valence-corrected chi connectivity index (χ1v) is 8.19. The van der Waals surface area contributed by atoms with E-state index in [0.717, 1.165) is 24.8 Å². The molecule has 0 aromatic heterocycles. The Labute approximate surface area is 120 Å². The van der Waals surface area contributed by atoms with Crippen LogP contribution in [-0.2, 0) is 10.0 Å². The summed E-state index contributed by atoms with van der Waals surface area (Å²) in [7, 11) is -3.48. The summed E-state index contributed by atoms with van der Waals surface area (Å²) in [5.74, 6) is 5.64. The zero-order chi connectivity index (χ0) is 14.6. The highest BCUT2D eigenvalue weighted by Gasteiger charge is 2.31. The first-order valence-electron chi connectivity index (χ1n) is 6.71. The molecule has 2 N–H and O–H groups in total. The standard InChI is InChI=1S/C15H19NO3S/c1-13-7-2-3-8-14(13)20(18,19)16-12-5-4-9-15(17)10-6-11-15/h2-3,7-8,16-17H,5-6,10-12H2,1H3. The van der Waals surface area contributed by atoms with Gasteiger partial charge in [0.2, 0.25) is 10.0 Å². The van der Waals surface area contributed by atoms with Crippen molar-refractivity contribution in [3.05, 3.63) is 29.8 Å². The Morgan fingerprint density at radius 2 is 2.05 bits per heavy atom. The van der Waals surface area contributed by atoms with Crippen LogP contribution in [0.4, 0.5) is 0 Å². The number of hydrogen-bond donors (Lipinski definition) is 2. The van der Waals surface area contributed by atoms with Crippen molar-refractivity contribution in [1.82, 2.24) is 4.72 Å². The molecule has 1 aromatic rings. The molecule has 1 aromatic carbocycles. The molecule has 5 heteroatoms. The van der Waals surface area contributed by atoms with E-state index in [0.29, 0.717) is 11.3 Å². The maximum Gasteiger partial charge on any atom is 0.240 e. The van der Waals surface area contributed by atoms with Crippen LogP contribution in [0.25, 0.3) is 0 Å². The minimum atomic E-state index is -3.48. The highest BCUT2D eigenvalue weighted by Crippen LogP contribution is 2.30. The first kappa shape index (κ1) is 15.0. The maximum absolute atomic E-state index is 12.1. The lowest BCUT2D eigenvalue weighted by Crippen LogP contribution is -2.34. The molecule has 0 spiro atoms. The molecule has 1 aliphatic rings. The lowest BCUT2D eigenvalue weighted by molar-refractivity contribution is 0.0239. The van der Waals surface area contributed by atoms with Crippen LogP contribution in [0.2, 0.25) is 0 Å². The Morgan fingerprint density at radius 3 is 2.65 bits per heavy atom. The normalized spacial score (nSPS) is 16.9. The fraction of sp³-hybridized carbons (Fsp3) is 0.467. The van der Waals surface area contributed by atoms with Crippen molar-refractivity contribution in [2.45, 2.75) is 43.1 Å². The van der Waals surface area contributed by atoms with Gasteiger partial charge in [0.1, 0.15) is 5.60 Å². The van der Waals surface area contributed by atoms with Gasteiger partial charge < -0.3 is 5.11 Å². The molecule has 20 heavy (non-hydrogen) atoms. The van der Waals surface area contributed by atoms with Crippen LogP contribution in [0, 0.1) is 18.8 Å². The third-order valence-electron chi connectivity index (χ3n) is 3.43. The van der Waals surface area contributed by atoms with Gasteiger partial charge in [0, 0.05) is 13.0 Å². The van der Waals surface area contributed by atoms with E-state index in [4.69, 9.17) is 0 Å². The summed E-state index contributed by atoms with van der Waals surface area (Å²) in [5, 5.41) is 9.77. The molecular weight excluding hydrogens is 274 g/mol. The third-order valence-corrected chi connectivity index (χ3v) is 5.05. The van der Waals surface area contributed by atoms with Gasteiger partial charge in [-0.05, 0) is 37.8 Å². The zero-order valence-corrected chi connectivity index (χ0v) is 12.3. The fourth-order valence-corrected chi connectivity index (χ4v) is 3.32. The summed E-state index contributed by atoms with van der Waals surface area (Å²) < 4.78 is 26.7. The number of nitrogens with one attached hydrogen (secondary N) is 1. The summed E-state index contributed by atoms with van der Waals surface area (Å²) in [6.07, 6.45) is 2.84. The molecule has 0 atom stereocenters. The molecular formula is C15H19NO3S. The maximum atomic E-state index is 12.1. The van der Waals surface area contributed by atoms with Crippen LogP contribution in [-0.4, -0.2) is 25.7 Å². The highest BCUT2D eigenvalue weighted by molar-refractivity contribution is 7.89. The van der Waals surface area contributed by atoms with Crippen molar-refractivity contribution in [1.29, 1.82) is 0 Å². The number of aryl methyl sites for hydroxylation is 1. The minimum Gasteiger partial charge on any atom is -0.378 e. The quantitative estimate of drug-likeness (QED) is 0.654. The van der Waals surface area contributed by atoms with E-state index < -0.39 is 15.6 Å². The van der Waals surface area contributed by atoms with Gasteiger partial charge in [-0.2, -0.15) is 0 Å². The van der Waals surface area contributed by atoms with Crippen LogP contribution >= 0.6 is 0 Å². The molecule has 2 rings (SSSR count). The fourth-order valence-electron chi connectivity index (χ4n) is 2.05. The lowest BCUT2D eigenvalue weighted by atomic mass is 9.81. The Bertz CT molecular complexity index is 637. The molecule has 0 amide bonds. The molecule has 4 nitrogen and oxygen atoms in total. The second-order valence-corrected chi connectivity index (χ2v) is 6.84. The second-order valence-electron chi connectivity index (χ2n) is 5.10. The molecule has 1 fully saturated rings. The average Bonchev–Trinajstić information content (AvgIpc) is 2.36.